The summed E-state index contributed by atoms with van der Waals surface area (Å²) in [4.78, 5) is 16.9. The van der Waals surface area contributed by atoms with Gasteiger partial charge in [0.2, 0.25) is 0 Å². The van der Waals surface area contributed by atoms with Crippen LogP contribution in [0.4, 0.5) is 0 Å². The van der Waals surface area contributed by atoms with Gasteiger partial charge < -0.3 is 14.5 Å². The predicted octanol–water partition coefficient (Wildman–Crippen LogP) is 3.96. The number of benzene rings is 1. The molecule has 1 aromatic carbocycles. The fourth-order valence-corrected chi connectivity index (χ4v) is 2.53. The third-order valence-electron chi connectivity index (χ3n) is 4.00. The predicted molar refractivity (Wildman–Crippen MR) is 98.3 cm³/mol. The van der Waals surface area contributed by atoms with E-state index < -0.39 is 0 Å². The van der Waals surface area contributed by atoms with Crippen molar-refractivity contribution in [3.8, 4) is 5.75 Å². The average molecular weight is 344 g/mol. The zero-order chi connectivity index (χ0) is 18.6. The van der Waals surface area contributed by atoms with Crippen molar-refractivity contribution in [2.24, 2.45) is 0 Å². The van der Waals surface area contributed by atoms with Crippen LogP contribution in [0.25, 0.3) is 0 Å². The molecule has 0 unspecified atom stereocenters. The number of hydrogen-bond donors (Lipinski definition) is 1. The second-order valence-electron chi connectivity index (χ2n) is 7.34. The first-order chi connectivity index (χ1) is 11.7. The Kier molecular flexibility index (Phi) is 5.88. The van der Waals surface area contributed by atoms with Crippen LogP contribution in [0, 0.1) is 13.8 Å². The summed E-state index contributed by atoms with van der Waals surface area (Å²) < 4.78 is 11.1. The number of aryl methyl sites for hydroxylation is 3. The molecule has 0 fully saturated rings. The SMILES string of the molecule is COc1ccc(C)cc1C(=O)NCCCc1oc(C(C)(C)C)nc1C. The molecule has 2 aromatic rings. The van der Waals surface area contributed by atoms with E-state index in [0.29, 0.717) is 17.9 Å². The summed E-state index contributed by atoms with van der Waals surface area (Å²) >= 11 is 0. The lowest BCUT2D eigenvalue weighted by molar-refractivity contribution is 0.0950. The van der Waals surface area contributed by atoms with E-state index in [0.717, 1.165) is 35.7 Å². The van der Waals surface area contributed by atoms with Crippen molar-refractivity contribution in [2.45, 2.75) is 52.9 Å². The van der Waals surface area contributed by atoms with Gasteiger partial charge in [-0.3, -0.25) is 4.79 Å². The molecule has 136 valence electrons. The number of hydrogen-bond acceptors (Lipinski definition) is 4. The van der Waals surface area contributed by atoms with Crippen molar-refractivity contribution in [1.82, 2.24) is 10.3 Å². The first kappa shape index (κ1) is 19.0. The normalized spacial score (nSPS) is 11.4. The van der Waals surface area contributed by atoms with E-state index in [9.17, 15) is 4.79 Å². The molecule has 1 N–H and O–H groups in total. The van der Waals surface area contributed by atoms with Gasteiger partial charge in [0, 0.05) is 18.4 Å². The zero-order valence-corrected chi connectivity index (χ0v) is 16.0. The molecule has 0 radical (unpaired) electrons. The van der Waals surface area contributed by atoms with Crippen LogP contribution in [0.5, 0.6) is 5.75 Å². The molecule has 0 saturated carbocycles. The smallest absolute Gasteiger partial charge is 0.255 e. The number of ether oxygens (including phenoxy) is 1. The Labute approximate surface area is 149 Å². The van der Waals surface area contributed by atoms with Gasteiger partial charge in [-0.15, -0.1) is 0 Å². The topological polar surface area (TPSA) is 64.4 Å². The highest BCUT2D eigenvalue weighted by Gasteiger charge is 2.22. The number of carbonyl (C=O) groups excluding carboxylic acids is 1. The van der Waals surface area contributed by atoms with Gasteiger partial charge in [0.25, 0.3) is 5.91 Å². The molecule has 0 spiro atoms. The molecule has 5 nitrogen and oxygen atoms in total. The molecule has 0 aliphatic carbocycles. The Balaban J connectivity index is 1.91. The molecule has 0 bridgehead atoms. The van der Waals surface area contributed by atoms with Crippen LogP contribution >= 0.6 is 0 Å². The number of carbonyl (C=O) groups is 1. The summed E-state index contributed by atoms with van der Waals surface area (Å²) in [7, 11) is 1.57. The van der Waals surface area contributed by atoms with E-state index in [1.54, 1.807) is 7.11 Å². The fraction of sp³-hybridized carbons (Fsp3) is 0.500. The van der Waals surface area contributed by atoms with Gasteiger partial charge in [-0.1, -0.05) is 32.4 Å². The summed E-state index contributed by atoms with van der Waals surface area (Å²) in [6, 6.07) is 5.58. The van der Waals surface area contributed by atoms with E-state index in [-0.39, 0.29) is 11.3 Å². The maximum Gasteiger partial charge on any atom is 0.255 e. The van der Waals surface area contributed by atoms with Crippen molar-refractivity contribution >= 4 is 5.91 Å². The number of methoxy groups -OCH3 is 1. The van der Waals surface area contributed by atoms with Gasteiger partial charge in [0.1, 0.15) is 11.5 Å². The quantitative estimate of drug-likeness (QED) is 0.806. The molecule has 1 aromatic heterocycles. The van der Waals surface area contributed by atoms with Crippen molar-refractivity contribution in [2.75, 3.05) is 13.7 Å². The molecule has 1 amide bonds. The van der Waals surface area contributed by atoms with Gasteiger partial charge in [-0.05, 0) is 32.4 Å². The summed E-state index contributed by atoms with van der Waals surface area (Å²) in [6.07, 6.45) is 1.54. The van der Waals surface area contributed by atoms with Crippen LogP contribution in [0.15, 0.2) is 22.6 Å². The Bertz CT molecular complexity index is 742. The lowest BCUT2D eigenvalue weighted by atomic mass is 9.97. The van der Waals surface area contributed by atoms with Crippen molar-refractivity contribution < 1.29 is 13.9 Å². The first-order valence-corrected chi connectivity index (χ1v) is 8.62. The summed E-state index contributed by atoms with van der Waals surface area (Å²) in [6.45, 7) is 10.7. The molecular formula is C20H28N2O3. The fourth-order valence-electron chi connectivity index (χ4n) is 2.53. The first-order valence-electron chi connectivity index (χ1n) is 8.62. The monoisotopic (exact) mass is 344 g/mol. The number of nitrogens with one attached hydrogen (secondary N) is 1. The molecule has 0 aliphatic heterocycles. The molecule has 0 atom stereocenters. The van der Waals surface area contributed by atoms with Gasteiger partial charge in [-0.25, -0.2) is 4.98 Å². The maximum atomic E-state index is 12.4. The van der Waals surface area contributed by atoms with Crippen LogP contribution < -0.4 is 10.1 Å². The molecule has 2 rings (SSSR count). The minimum Gasteiger partial charge on any atom is -0.496 e. The summed E-state index contributed by atoms with van der Waals surface area (Å²) in [5, 5.41) is 2.95. The van der Waals surface area contributed by atoms with Crippen LogP contribution in [0.1, 0.15) is 60.5 Å². The summed E-state index contributed by atoms with van der Waals surface area (Å²) in [5.74, 6) is 2.12. The average Bonchev–Trinajstić information content (AvgIpc) is 2.92. The zero-order valence-electron chi connectivity index (χ0n) is 16.0. The van der Waals surface area contributed by atoms with Crippen molar-refractivity contribution in [3.63, 3.8) is 0 Å². The highest BCUT2D eigenvalue weighted by Crippen LogP contribution is 2.24. The molecule has 0 saturated heterocycles. The Morgan fingerprint density at radius 3 is 2.60 bits per heavy atom. The van der Waals surface area contributed by atoms with E-state index in [2.05, 4.69) is 31.1 Å². The second kappa shape index (κ2) is 7.72. The number of rotatable bonds is 6. The molecule has 25 heavy (non-hydrogen) atoms. The second-order valence-corrected chi connectivity index (χ2v) is 7.34. The summed E-state index contributed by atoms with van der Waals surface area (Å²) in [5.41, 5.74) is 2.42. The highest BCUT2D eigenvalue weighted by atomic mass is 16.5. The minimum absolute atomic E-state index is 0.0983. The van der Waals surface area contributed by atoms with Crippen molar-refractivity contribution in [3.05, 3.63) is 46.7 Å². The number of aromatic nitrogens is 1. The van der Waals surface area contributed by atoms with E-state index in [1.165, 1.54) is 0 Å². The standard InChI is InChI=1S/C20H28N2O3/c1-13-9-10-17(24-6)15(12-13)18(23)21-11-7-8-16-14(2)22-19(25-16)20(3,4)5/h9-10,12H,7-8,11H2,1-6H3,(H,21,23). The van der Waals surface area contributed by atoms with Crippen LogP contribution in [-0.2, 0) is 11.8 Å². The van der Waals surface area contributed by atoms with Crippen LogP contribution in [0.3, 0.4) is 0 Å². The van der Waals surface area contributed by atoms with Gasteiger partial charge >= 0.3 is 0 Å². The van der Waals surface area contributed by atoms with E-state index >= 15 is 0 Å². The maximum absolute atomic E-state index is 12.4. The number of amides is 1. The molecule has 0 aliphatic rings. The van der Waals surface area contributed by atoms with Gasteiger partial charge in [0.05, 0.1) is 18.4 Å². The molecular weight excluding hydrogens is 316 g/mol. The highest BCUT2D eigenvalue weighted by molar-refractivity contribution is 5.97. The lowest BCUT2D eigenvalue weighted by Crippen LogP contribution is -2.25. The molecule has 5 heteroatoms. The Morgan fingerprint density at radius 2 is 2.00 bits per heavy atom. The van der Waals surface area contributed by atoms with Crippen molar-refractivity contribution in [1.29, 1.82) is 0 Å². The third kappa shape index (κ3) is 4.84. The van der Waals surface area contributed by atoms with E-state index in [1.807, 2.05) is 32.0 Å². The third-order valence-corrected chi connectivity index (χ3v) is 4.00. The largest absolute Gasteiger partial charge is 0.496 e. The van der Waals surface area contributed by atoms with Crippen LogP contribution in [-0.4, -0.2) is 24.5 Å². The Morgan fingerprint density at radius 1 is 1.28 bits per heavy atom. The molecule has 1 heterocycles. The number of nitrogens with zero attached hydrogens (tertiary/aromatic N) is 1. The lowest BCUT2D eigenvalue weighted by Gasteiger charge is -2.12. The minimum atomic E-state index is -0.120. The van der Waals surface area contributed by atoms with E-state index in [4.69, 9.17) is 9.15 Å². The van der Waals surface area contributed by atoms with Gasteiger partial charge in [-0.2, -0.15) is 0 Å². The Hall–Kier alpha value is -2.30. The van der Waals surface area contributed by atoms with Gasteiger partial charge in [0.15, 0.2) is 5.89 Å². The number of oxazole rings is 1. The van der Waals surface area contributed by atoms with Crippen LogP contribution in [0.2, 0.25) is 0 Å².